The highest BCUT2D eigenvalue weighted by Gasteiger charge is 2.10. The number of imidazole rings is 1. The molecule has 0 amide bonds. The summed E-state index contributed by atoms with van der Waals surface area (Å²) in [7, 11) is 0. The van der Waals surface area contributed by atoms with Crippen molar-refractivity contribution in [1.29, 1.82) is 0 Å². The molecule has 1 aromatic heterocycles. The zero-order chi connectivity index (χ0) is 12.6. The van der Waals surface area contributed by atoms with Crippen molar-refractivity contribution in [3.8, 4) is 5.69 Å². The van der Waals surface area contributed by atoms with Gasteiger partial charge in [-0.1, -0.05) is 11.6 Å². The summed E-state index contributed by atoms with van der Waals surface area (Å²) < 4.78 is 2.44. The first kappa shape index (κ1) is 12.1. The van der Waals surface area contributed by atoms with Crippen molar-refractivity contribution in [1.82, 2.24) is 9.55 Å². The molecule has 1 N–H and O–H groups in total. The molecule has 1 aromatic carbocycles. The molecule has 0 radical (unpaired) electrons. The van der Waals surface area contributed by atoms with Gasteiger partial charge in [-0.3, -0.25) is 0 Å². The number of carbonyl (C=O) groups is 1. The maximum Gasteiger partial charge on any atom is 0.356 e. The zero-order valence-electron chi connectivity index (χ0n) is 8.82. The highest BCUT2D eigenvalue weighted by atomic mass is 79.9. The van der Waals surface area contributed by atoms with E-state index in [2.05, 4.69) is 20.9 Å². The number of hydrogen-bond acceptors (Lipinski definition) is 2. The minimum absolute atomic E-state index is 0.00593. The topological polar surface area (TPSA) is 55.1 Å². The minimum Gasteiger partial charge on any atom is -0.476 e. The van der Waals surface area contributed by atoms with E-state index in [-0.39, 0.29) is 5.69 Å². The molecule has 4 nitrogen and oxygen atoms in total. The van der Waals surface area contributed by atoms with Gasteiger partial charge in [0, 0.05) is 15.7 Å². The minimum atomic E-state index is -1.06. The number of halogens is 2. The molecule has 0 aliphatic heterocycles. The molecule has 0 atom stereocenters. The summed E-state index contributed by atoms with van der Waals surface area (Å²) in [4.78, 5) is 14.5. The van der Waals surface area contributed by atoms with E-state index < -0.39 is 5.97 Å². The molecule has 0 saturated carbocycles. The van der Waals surface area contributed by atoms with Gasteiger partial charge < -0.3 is 9.67 Å². The first-order chi connectivity index (χ1) is 7.99. The molecule has 0 bridgehead atoms. The Morgan fingerprint density at radius 3 is 2.82 bits per heavy atom. The lowest BCUT2D eigenvalue weighted by molar-refractivity contribution is 0.0691. The number of aromatic nitrogens is 2. The van der Waals surface area contributed by atoms with Crippen molar-refractivity contribution in [2.45, 2.75) is 6.92 Å². The predicted octanol–water partition coefficient (Wildman–Crippen LogP) is 3.29. The van der Waals surface area contributed by atoms with Crippen LogP contribution < -0.4 is 0 Å². The van der Waals surface area contributed by atoms with Crippen molar-refractivity contribution in [3.63, 3.8) is 0 Å². The Balaban J connectivity index is 2.52. The van der Waals surface area contributed by atoms with E-state index in [0.717, 1.165) is 15.7 Å². The Kier molecular flexibility index (Phi) is 3.22. The number of rotatable bonds is 2. The van der Waals surface area contributed by atoms with Crippen LogP contribution in [0.4, 0.5) is 0 Å². The fraction of sp³-hybridized carbons (Fsp3) is 0.0909. The Morgan fingerprint density at radius 1 is 1.53 bits per heavy atom. The summed E-state index contributed by atoms with van der Waals surface area (Å²) >= 11 is 9.44. The number of aromatic carboxylic acids is 1. The van der Waals surface area contributed by atoms with E-state index in [0.29, 0.717) is 5.02 Å². The lowest BCUT2D eigenvalue weighted by Gasteiger charge is -2.07. The molecule has 2 rings (SSSR count). The highest BCUT2D eigenvalue weighted by molar-refractivity contribution is 9.10. The molecule has 1 heterocycles. The second kappa shape index (κ2) is 4.50. The predicted molar refractivity (Wildman–Crippen MR) is 68.0 cm³/mol. The van der Waals surface area contributed by atoms with Crippen LogP contribution in [-0.4, -0.2) is 20.6 Å². The number of aryl methyl sites for hydroxylation is 1. The molecule has 0 unspecified atom stereocenters. The molecular formula is C11H8BrClN2O2. The third-order valence-electron chi connectivity index (χ3n) is 2.31. The Labute approximate surface area is 111 Å². The lowest BCUT2D eigenvalue weighted by atomic mass is 10.2. The number of carboxylic acid groups (broad SMARTS) is 1. The van der Waals surface area contributed by atoms with Crippen LogP contribution in [0.5, 0.6) is 0 Å². The van der Waals surface area contributed by atoms with Gasteiger partial charge in [-0.25, -0.2) is 9.78 Å². The highest BCUT2D eigenvalue weighted by Crippen LogP contribution is 2.28. The van der Waals surface area contributed by atoms with Crippen LogP contribution >= 0.6 is 27.5 Å². The smallest absolute Gasteiger partial charge is 0.356 e. The van der Waals surface area contributed by atoms with E-state index in [9.17, 15) is 4.79 Å². The summed E-state index contributed by atoms with van der Waals surface area (Å²) in [6.07, 6.45) is 2.88. The van der Waals surface area contributed by atoms with Gasteiger partial charge in [0.2, 0.25) is 0 Å². The second-order valence-electron chi connectivity index (χ2n) is 3.52. The van der Waals surface area contributed by atoms with E-state index in [1.54, 1.807) is 10.6 Å². The van der Waals surface area contributed by atoms with Crippen LogP contribution in [0.25, 0.3) is 5.69 Å². The first-order valence-electron chi connectivity index (χ1n) is 4.72. The normalized spacial score (nSPS) is 10.5. The summed E-state index contributed by atoms with van der Waals surface area (Å²) in [5.41, 5.74) is 1.69. The van der Waals surface area contributed by atoms with Gasteiger partial charge in [-0.2, -0.15) is 0 Å². The molecule has 0 spiro atoms. The number of carboxylic acids is 1. The van der Waals surface area contributed by atoms with Crippen molar-refractivity contribution < 1.29 is 9.90 Å². The lowest BCUT2D eigenvalue weighted by Crippen LogP contribution is -1.96. The maximum absolute atomic E-state index is 10.7. The molecule has 17 heavy (non-hydrogen) atoms. The van der Waals surface area contributed by atoms with Gasteiger partial charge >= 0.3 is 5.97 Å². The van der Waals surface area contributed by atoms with Gasteiger partial charge in [-0.05, 0) is 40.5 Å². The SMILES string of the molecule is Cc1cc(Br)c(-n2cnc(C(=O)O)c2)cc1Cl. The average Bonchev–Trinajstić information content (AvgIpc) is 2.72. The van der Waals surface area contributed by atoms with Gasteiger partial charge in [0.1, 0.15) is 6.33 Å². The standard InChI is InChI=1S/C11H8BrClN2O2/c1-6-2-7(12)10(3-8(6)13)15-4-9(11(16)17)14-5-15/h2-5H,1H3,(H,16,17). The summed E-state index contributed by atoms with van der Waals surface area (Å²) in [5.74, 6) is -1.06. The summed E-state index contributed by atoms with van der Waals surface area (Å²) in [6.45, 7) is 1.90. The van der Waals surface area contributed by atoms with E-state index in [4.69, 9.17) is 16.7 Å². The first-order valence-corrected chi connectivity index (χ1v) is 5.89. The fourth-order valence-corrected chi connectivity index (χ4v) is 2.22. The van der Waals surface area contributed by atoms with E-state index >= 15 is 0 Å². The van der Waals surface area contributed by atoms with Crippen molar-refractivity contribution in [3.05, 3.63) is 45.4 Å². The molecule has 0 fully saturated rings. The molecule has 88 valence electrons. The van der Waals surface area contributed by atoms with Crippen molar-refractivity contribution in [2.24, 2.45) is 0 Å². The van der Waals surface area contributed by atoms with Crippen molar-refractivity contribution in [2.75, 3.05) is 0 Å². The Morgan fingerprint density at radius 2 is 2.24 bits per heavy atom. The van der Waals surface area contributed by atoms with Crippen LogP contribution in [0.3, 0.4) is 0 Å². The third-order valence-corrected chi connectivity index (χ3v) is 3.35. The molecule has 0 aliphatic carbocycles. The number of nitrogens with zero attached hydrogens (tertiary/aromatic N) is 2. The Bertz CT molecular complexity index is 595. The second-order valence-corrected chi connectivity index (χ2v) is 4.79. The van der Waals surface area contributed by atoms with E-state index in [1.807, 2.05) is 13.0 Å². The van der Waals surface area contributed by atoms with Crippen LogP contribution in [0.2, 0.25) is 5.02 Å². The van der Waals surface area contributed by atoms with E-state index in [1.165, 1.54) is 12.5 Å². The number of benzene rings is 1. The fourth-order valence-electron chi connectivity index (χ4n) is 1.40. The number of hydrogen-bond donors (Lipinski definition) is 1. The molecule has 2 aromatic rings. The molecule has 0 aliphatic rings. The average molecular weight is 316 g/mol. The Hall–Kier alpha value is -1.33. The molecule has 6 heteroatoms. The van der Waals surface area contributed by atoms with Gasteiger partial charge in [-0.15, -0.1) is 0 Å². The van der Waals surface area contributed by atoms with Crippen molar-refractivity contribution >= 4 is 33.5 Å². The van der Waals surface area contributed by atoms with Gasteiger partial charge in [0.15, 0.2) is 5.69 Å². The quantitative estimate of drug-likeness (QED) is 0.925. The maximum atomic E-state index is 10.7. The largest absolute Gasteiger partial charge is 0.476 e. The van der Waals surface area contributed by atoms with Gasteiger partial charge in [0.05, 0.1) is 5.69 Å². The van der Waals surface area contributed by atoms with Crippen LogP contribution in [0.15, 0.2) is 29.1 Å². The zero-order valence-corrected chi connectivity index (χ0v) is 11.2. The molecule has 0 saturated heterocycles. The summed E-state index contributed by atoms with van der Waals surface area (Å²) in [5, 5.41) is 9.42. The third kappa shape index (κ3) is 2.35. The molecular weight excluding hydrogens is 307 g/mol. The van der Waals surface area contributed by atoms with Gasteiger partial charge in [0.25, 0.3) is 0 Å². The van der Waals surface area contributed by atoms with Crippen LogP contribution in [0, 0.1) is 6.92 Å². The van der Waals surface area contributed by atoms with Crippen LogP contribution in [0.1, 0.15) is 16.1 Å². The summed E-state index contributed by atoms with van der Waals surface area (Å²) in [6, 6.07) is 3.63. The van der Waals surface area contributed by atoms with Crippen LogP contribution in [-0.2, 0) is 0 Å². The monoisotopic (exact) mass is 314 g/mol.